The molecule has 0 aliphatic carbocycles. The summed E-state index contributed by atoms with van der Waals surface area (Å²) in [6.07, 6.45) is 4.62. The molecule has 1 fully saturated rings. The summed E-state index contributed by atoms with van der Waals surface area (Å²) < 4.78 is 13.3. The Morgan fingerprint density at radius 2 is 1.97 bits per heavy atom. The van der Waals surface area contributed by atoms with Crippen LogP contribution in [0.15, 0.2) is 24.3 Å². The minimum absolute atomic E-state index is 0.192. The lowest BCUT2D eigenvalue weighted by atomic mass is 9.95. The molecule has 1 amide bonds. The van der Waals surface area contributed by atoms with Crippen molar-refractivity contribution in [3.05, 3.63) is 52.7 Å². The quantitative estimate of drug-likeness (QED) is 0.784. The van der Waals surface area contributed by atoms with Gasteiger partial charge in [0.1, 0.15) is 17.5 Å². The number of aryl methyl sites for hydroxylation is 1. The normalized spacial score (nSPS) is 19.2. The molecule has 1 aromatic carbocycles. The number of aromatic nitrogens is 2. The lowest BCUT2D eigenvalue weighted by Crippen LogP contribution is -2.39. The molecular formula is C23H29FN4O. The van der Waals surface area contributed by atoms with Crippen LogP contribution >= 0.6 is 0 Å². The molecule has 2 aliphatic rings. The monoisotopic (exact) mass is 396 g/mol. The Morgan fingerprint density at radius 3 is 2.72 bits per heavy atom. The van der Waals surface area contributed by atoms with Gasteiger partial charge in [0.25, 0.3) is 0 Å². The lowest BCUT2D eigenvalue weighted by Gasteiger charge is -2.34. The molecular weight excluding hydrogens is 367 g/mol. The van der Waals surface area contributed by atoms with Crippen molar-refractivity contribution in [3.63, 3.8) is 0 Å². The zero-order valence-corrected chi connectivity index (χ0v) is 17.3. The molecule has 0 spiro atoms. The predicted octanol–water partition coefficient (Wildman–Crippen LogP) is 3.99. The molecule has 5 nitrogen and oxygen atoms in total. The van der Waals surface area contributed by atoms with E-state index < -0.39 is 0 Å². The van der Waals surface area contributed by atoms with E-state index in [1.54, 1.807) is 0 Å². The zero-order valence-electron chi connectivity index (χ0n) is 17.3. The molecule has 4 rings (SSSR count). The van der Waals surface area contributed by atoms with Crippen molar-refractivity contribution in [2.45, 2.75) is 58.4 Å². The molecule has 0 N–H and O–H groups in total. The standard InChI is InChI=1S/C23H29FN4O/c1-3-21(29)27-12-4-6-18(15-27)22-25-16(2)20-7-5-13-28(23(20)26-22)14-17-8-10-19(24)11-9-17/h8-11,18H,3-7,12-15H2,1-2H3/t18-/m1/s1. The van der Waals surface area contributed by atoms with Crippen LogP contribution in [0.5, 0.6) is 0 Å². The Kier molecular flexibility index (Phi) is 5.79. The van der Waals surface area contributed by atoms with E-state index in [-0.39, 0.29) is 17.6 Å². The summed E-state index contributed by atoms with van der Waals surface area (Å²) >= 11 is 0. The molecule has 2 aromatic rings. The number of amides is 1. The highest BCUT2D eigenvalue weighted by atomic mass is 19.1. The van der Waals surface area contributed by atoms with Gasteiger partial charge < -0.3 is 9.80 Å². The van der Waals surface area contributed by atoms with Gasteiger partial charge in [-0.3, -0.25) is 4.79 Å². The van der Waals surface area contributed by atoms with E-state index in [1.165, 1.54) is 17.7 Å². The third kappa shape index (κ3) is 4.26. The SMILES string of the molecule is CCC(=O)N1CCC[C@@H](c2nc(C)c3c(n2)N(Cc2ccc(F)cc2)CCC3)C1. The maximum atomic E-state index is 13.3. The third-order valence-corrected chi connectivity index (χ3v) is 6.09. The zero-order chi connectivity index (χ0) is 20.4. The summed E-state index contributed by atoms with van der Waals surface area (Å²) in [6.45, 7) is 7.19. The number of anilines is 1. The summed E-state index contributed by atoms with van der Waals surface area (Å²) in [5, 5.41) is 0. The first-order valence-corrected chi connectivity index (χ1v) is 10.7. The Morgan fingerprint density at radius 1 is 1.17 bits per heavy atom. The van der Waals surface area contributed by atoms with Crippen LogP contribution in [0, 0.1) is 12.7 Å². The number of rotatable bonds is 4. The predicted molar refractivity (Wildman–Crippen MR) is 111 cm³/mol. The van der Waals surface area contributed by atoms with Gasteiger partial charge in [-0.25, -0.2) is 14.4 Å². The van der Waals surface area contributed by atoms with Crippen molar-refractivity contribution in [1.29, 1.82) is 0 Å². The number of carbonyl (C=O) groups excluding carboxylic acids is 1. The number of nitrogens with zero attached hydrogens (tertiary/aromatic N) is 4. The van der Waals surface area contributed by atoms with E-state index in [2.05, 4.69) is 11.8 Å². The molecule has 154 valence electrons. The summed E-state index contributed by atoms with van der Waals surface area (Å²) in [5.74, 6) is 2.07. The van der Waals surface area contributed by atoms with Crippen LogP contribution in [0.25, 0.3) is 0 Å². The van der Waals surface area contributed by atoms with E-state index in [4.69, 9.17) is 9.97 Å². The van der Waals surface area contributed by atoms with E-state index in [0.717, 1.165) is 61.7 Å². The average molecular weight is 397 g/mol. The van der Waals surface area contributed by atoms with Crippen molar-refractivity contribution in [2.24, 2.45) is 0 Å². The van der Waals surface area contributed by atoms with Gasteiger partial charge in [-0.2, -0.15) is 0 Å². The van der Waals surface area contributed by atoms with Gasteiger partial charge >= 0.3 is 0 Å². The van der Waals surface area contributed by atoms with Crippen molar-refractivity contribution >= 4 is 11.7 Å². The number of fused-ring (bicyclic) bond motifs is 1. The van der Waals surface area contributed by atoms with E-state index >= 15 is 0 Å². The van der Waals surface area contributed by atoms with Gasteiger partial charge in [-0.15, -0.1) is 0 Å². The van der Waals surface area contributed by atoms with Crippen molar-refractivity contribution in [1.82, 2.24) is 14.9 Å². The Bertz CT molecular complexity index is 883. The summed E-state index contributed by atoms with van der Waals surface area (Å²) in [7, 11) is 0. The highest BCUT2D eigenvalue weighted by Crippen LogP contribution is 2.32. The van der Waals surface area contributed by atoms with Gasteiger partial charge in [0.15, 0.2) is 0 Å². The maximum absolute atomic E-state index is 13.3. The second kappa shape index (κ2) is 8.47. The maximum Gasteiger partial charge on any atom is 0.222 e. The largest absolute Gasteiger partial charge is 0.352 e. The highest BCUT2D eigenvalue weighted by molar-refractivity contribution is 5.76. The number of likely N-dealkylation sites (tertiary alicyclic amines) is 1. The molecule has 1 aromatic heterocycles. The first kappa shape index (κ1) is 19.8. The number of halogens is 1. The fourth-order valence-electron chi connectivity index (χ4n) is 4.49. The van der Waals surface area contributed by atoms with Crippen molar-refractivity contribution in [2.75, 3.05) is 24.5 Å². The summed E-state index contributed by atoms with van der Waals surface area (Å²) in [4.78, 5) is 26.3. The molecule has 6 heteroatoms. The number of piperidine rings is 1. The average Bonchev–Trinajstić information content (AvgIpc) is 2.75. The Balaban J connectivity index is 1.61. The number of benzene rings is 1. The highest BCUT2D eigenvalue weighted by Gasteiger charge is 2.29. The smallest absolute Gasteiger partial charge is 0.222 e. The minimum Gasteiger partial charge on any atom is -0.352 e. The molecule has 29 heavy (non-hydrogen) atoms. The van der Waals surface area contributed by atoms with Crippen LogP contribution < -0.4 is 4.90 Å². The second-order valence-corrected chi connectivity index (χ2v) is 8.15. The number of carbonyl (C=O) groups is 1. The fourth-order valence-corrected chi connectivity index (χ4v) is 4.49. The molecule has 0 unspecified atom stereocenters. The van der Waals surface area contributed by atoms with Gasteiger partial charge in [-0.1, -0.05) is 19.1 Å². The molecule has 0 radical (unpaired) electrons. The molecule has 3 heterocycles. The number of hydrogen-bond acceptors (Lipinski definition) is 4. The molecule has 0 bridgehead atoms. The first-order valence-electron chi connectivity index (χ1n) is 10.7. The molecule has 0 saturated carbocycles. The van der Waals surface area contributed by atoms with Crippen LogP contribution in [0.1, 0.15) is 61.2 Å². The van der Waals surface area contributed by atoms with Crippen LogP contribution in [-0.4, -0.2) is 40.4 Å². The first-order chi connectivity index (χ1) is 14.0. The third-order valence-electron chi connectivity index (χ3n) is 6.09. The van der Waals surface area contributed by atoms with Crippen molar-refractivity contribution in [3.8, 4) is 0 Å². The number of hydrogen-bond donors (Lipinski definition) is 0. The Labute approximate surface area is 172 Å². The van der Waals surface area contributed by atoms with Crippen LogP contribution in [0.3, 0.4) is 0 Å². The fraction of sp³-hybridized carbons (Fsp3) is 0.522. The van der Waals surface area contributed by atoms with Gasteiger partial charge in [0, 0.05) is 49.8 Å². The van der Waals surface area contributed by atoms with Crippen molar-refractivity contribution < 1.29 is 9.18 Å². The lowest BCUT2D eigenvalue weighted by molar-refractivity contribution is -0.132. The van der Waals surface area contributed by atoms with E-state index in [0.29, 0.717) is 19.5 Å². The van der Waals surface area contributed by atoms with Crippen LogP contribution in [0.2, 0.25) is 0 Å². The van der Waals surface area contributed by atoms with Crippen LogP contribution in [-0.2, 0) is 17.8 Å². The Hall–Kier alpha value is -2.50. The summed E-state index contributed by atoms with van der Waals surface area (Å²) in [6, 6.07) is 6.71. The van der Waals surface area contributed by atoms with Gasteiger partial charge in [0.05, 0.1) is 0 Å². The van der Waals surface area contributed by atoms with Gasteiger partial charge in [0.2, 0.25) is 5.91 Å². The topological polar surface area (TPSA) is 49.3 Å². The van der Waals surface area contributed by atoms with E-state index in [9.17, 15) is 9.18 Å². The molecule has 1 saturated heterocycles. The van der Waals surface area contributed by atoms with E-state index in [1.807, 2.05) is 24.0 Å². The summed E-state index contributed by atoms with van der Waals surface area (Å²) in [5.41, 5.74) is 3.35. The minimum atomic E-state index is -0.211. The molecule has 2 aliphatic heterocycles. The van der Waals surface area contributed by atoms with Crippen LogP contribution in [0.4, 0.5) is 10.2 Å². The van der Waals surface area contributed by atoms with Gasteiger partial charge in [-0.05, 0) is 50.3 Å². The molecule has 1 atom stereocenters. The second-order valence-electron chi connectivity index (χ2n) is 8.15.